The van der Waals surface area contributed by atoms with Crippen LogP contribution in [0.3, 0.4) is 0 Å². The van der Waals surface area contributed by atoms with Crippen molar-refractivity contribution in [3.8, 4) is 0 Å². The van der Waals surface area contributed by atoms with Crippen LogP contribution in [0, 0.1) is 5.92 Å². The van der Waals surface area contributed by atoms with Crippen LogP contribution >= 0.6 is 0 Å². The minimum Gasteiger partial charge on any atom is -0.550 e. The van der Waals surface area contributed by atoms with E-state index in [4.69, 9.17) is 9.47 Å². The van der Waals surface area contributed by atoms with Crippen molar-refractivity contribution in [2.75, 3.05) is 13.2 Å². The van der Waals surface area contributed by atoms with Crippen molar-refractivity contribution in [3.63, 3.8) is 0 Å². The quantitative estimate of drug-likeness (QED) is 0.361. The van der Waals surface area contributed by atoms with Crippen molar-refractivity contribution in [1.82, 2.24) is 10.6 Å². The highest BCUT2D eigenvalue weighted by molar-refractivity contribution is 6.07. The summed E-state index contributed by atoms with van der Waals surface area (Å²) in [6, 6.07) is -1.68. The second-order valence-electron chi connectivity index (χ2n) is 6.37. The van der Waals surface area contributed by atoms with Crippen molar-refractivity contribution in [1.29, 1.82) is 0 Å². The maximum Gasteiger partial charge on any atom is 0.336 e. The standard InChI is InChI=1S/C19H26N2O9/c1-5-29-18(27)13-9(3)20-10(4)14(19(28)30-6-2)15(13)16(24)21-11(17(25)26)7-8-12(22)23/h11,15,20H,5-8H2,1-4H3,(H,21,24)(H,22,23)(H,25,26)/p-2/t11-/m0/s1. The van der Waals surface area contributed by atoms with Gasteiger partial charge in [0.25, 0.3) is 0 Å². The fraction of sp³-hybridized carbons (Fsp3) is 0.526. The lowest BCUT2D eigenvalue weighted by atomic mass is 9.84. The van der Waals surface area contributed by atoms with E-state index in [1.54, 1.807) is 13.8 Å². The second-order valence-corrected chi connectivity index (χ2v) is 6.37. The van der Waals surface area contributed by atoms with Crippen LogP contribution in [0.15, 0.2) is 22.5 Å². The molecule has 0 aromatic rings. The van der Waals surface area contributed by atoms with Gasteiger partial charge in [-0.15, -0.1) is 0 Å². The van der Waals surface area contributed by atoms with Crippen LogP contribution in [-0.4, -0.2) is 49.0 Å². The molecular formula is C19H24N2O9-2. The number of carboxylic acids is 2. The fourth-order valence-corrected chi connectivity index (χ4v) is 2.98. The van der Waals surface area contributed by atoms with Gasteiger partial charge in [-0.05, 0) is 40.5 Å². The van der Waals surface area contributed by atoms with E-state index >= 15 is 0 Å². The number of carbonyl (C=O) groups is 5. The van der Waals surface area contributed by atoms with Crippen LogP contribution in [0.5, 0.6) is 0 Å². The van der Waals surface area contributed by atoms with E-state index in [1.807, 2.05) is 0 Å². The molecule has 166 valence electrons. The predicted molar refractivity (Wildman–Crippen MR) is 96.5 cm³/mol. The monoisotopic (exact) mass is 424 g/mol. The van der Waals surface area contributed by atoms with Crippen LogP contribution in [0.25, 0.3) is 0 Å². The van der Waals surface area contributed by atoms with E-state index in [1.165, 1.54) is 13.8 Å². The maximum atomic E-state index is 13.0. The smallest absolute Gasteiger partial charge is 0.336 e. The summed E-state index contributed by atoms with van der Waals surface area (Å²) in [5, 5.41) is 26.9. The molecule has 0 aromatic carbocycles. The van der Waals surface area contributed by atoms with E-state index in [0.29, 0.717) is 0 Å². The van der Waals surface area contributed by atoms with Gasteiger partial charge in [-0.2, -0.15) is 0 Å². The molecule has 0 aliphatic carbocycles. The number of ether oxygens (including phenoxy) is 2. The Morgan fingerprint density at radius 2 is 1.43 bits per heavy atom. The molecule has 1 amide bonds. The van der Waals surface area contributed by atoms with Gasteiger partial charge >= 0.3 is 11.9 Å². The third-order valence-corrected chi connectivity index (χ3v) is 4.25. The Morgan fingerprint density at radius 1 is 0.967 bits per heavy atom. The van der Waals surface area contributed by atoms with Crippen molar-refractivity contribution in [2.45, 2.75) is 46.6 Å². The number of rotatable bonds is 10. The Kier molecular flexibility index (Phi) is 9.03. The molecular weight excluding hydrogens is 400 g/mol. The number of dihydropyridines is 1. The Hall–Kier alpha value is -3.37. The molecule has 0 aromatic heterocycles. The average Bonchev–Trinajstić information content (AvgIpc) is 2.63. The summed E-state index contributed by atoms with van der Waals surface area (Å²) in [4.78, 5) is 60.0. The molecule has 0 unspecified atom stereocenters. The molecule has 1 aliphatic rings. The Bertz CT molecular complexity index is 758. The van der Waals surface area contributed by atoms with Gasteiger partial charge < -0.3 is 39.9 Å². The van der Waals surface area contributed by atoms with Crippen LogP contribution in [0.4, 0.5) is 0 Å². The van der Waals surface area contributed by atoms with Crippen molar-refractivity contribution in [2.24, 2.45) is 5.92 Å². The molecule has 0 bridgehead atoms. The highest BCUT2D eigenvalue weighted by Crippen LogP contribution is 2.32. The zero-order valence-corrected chi connectivity index (χ0v) is 17.2. The lowest BCUT2D eigenvalue weighted by Crippen LogP contribution is -2.52. The Morgan fingerprint density at radius 3 is 1.80 bits per heavy atom. The molecule has 0 saturated carbocycles. The Balaban J connectivity index is 3.39. The van der Waals surface area contributed by atoms with Gasteiger partial charge in [-0.3, -0.25) is 4.79 Å². The summed E-state index contributed by atoms with van der Waals surface area (Å²) in [6.45, 7) is 6.08. The summed E-state index contributed by atoms with van der Waals surface area (Å²) in [6.07, 6.45) is -1.15. The third-order valence-electron chi connectivity index (χ3n) is 4.25. The number of nitrogens with one attached hydrogen (secondary N) is 2. The topological polar surface area (TPSA) is 174 Å². The number of allylic oxidation sites excluding steroid dienone is 2. The number of hydrogen-bond donors (Lipinski definition) is 2. The van der Waals surface area contributed by atoms with Crippen LogP contribution in [0.1, 0.15) is 40.5 Å². The molecule has 30 heavy (non-hydrogen) atoms. The first kappa shape index (κ1) is 24.7. The van der Waals surface area contributed by atoms with Gasteiger partial charge in [-0.1, -0.05) is 0 Å². The fourth-order valence-electron chi connectivity index (χ4n) is 2.98. The second kappa shape index (κ2) is 11.0. The first-order valence-corrected chi connectivity index (χ1v) is 9.28. The van der Waals surface area contributed by atoms with Gasteiger partial charge in [0.15, 0.2) is 0 Å². The molecule has 1 atom stereocenters. The van der Waals surface area contributed by atoms with Crippen molar-refractivity contribution < 1.29 is 43.7 Å². The zero-order chi connectivity index (χ0) is 23.0. The van der Waals surface area contributed by atoms with Crippen LogP contribution in [-0.2, 0) is 33.4 Å². The summed E-state index contributed by atoms with van der Waals surface area (Å²) < 4.78 is 9.96. The molecule has 1 rings (SSSR count). The molecule has 0 spiro atoms. The maximum absolute atomic E-state index is 13.0. The SMILES string of the molecule is CCOC(=O)C1=C(C)NC(C)=C(C(=O)OCC)C1C(=O)N[C@@H](CCC(=O)[O-])C(=O)[O-]. The van der Waals surface area contributed by atoms with Crippen molar-refractivity contribution in [3.05, 3.63) is 22.5 Å². The Labute approximate surface area is 173 Å². The van der Waals surface area contributed by atoms with E-state index in [9.17, 15) is 34.2 Å². The molecule has 0 saturated heterocycles. The predicted octanol–water partition coefficient (Wildman–Crippen LogP) is -2.36. The summed E-state index contributed by atoms with van der Waals surface area (Å²) >= 11 is 0. The molecule has 0 fully saturated rings. The molecule has 0 radical (unpaired) electrons. The lowest BCUT2D eigenvalue weighted by molar-refractivity contribution is -0.310. The molecule has 2 N–H and O–H groups in total. The number of amides is 1. The molecule has 11 nitrogen and oxygen atoms in total. The van der Waals surface area contributed by atoms with E-state index in [2.05, 4.69) is 10.6 Å². The minimum atomic E-state index is -1.73. The first-order chi connectivity index (χ1) is 14.0. The lowest BCUT2D eigenvalue weighted by Gasteiger charge is -2.31. The van der Waals surface area contributed by atoms with E-state index in [0.717, 1.165) is 0 Å². The van der Waals surface area contributed by atoms with E-state index in [-0.39, 0.29) is 35.8 Å². The normalized spacial score (nSPS) is 15.2. The first-order valence-electron chi connectivity index (χ1n) is 9.28. The minimum absolute atomic E-state index is 0.00529. The summed E-state index contributed by atoms with van der Waals surface area (Å²) in [5.74, 6) is -7.55. The third kappa shape index (κ3) is 6.06. The van der Waals surface area contributed by atoms with Gasteiger partial charge in [0.2, 0.25) is 5.91 Å². The number of esters is 2. The zero-order valence-electron chi connectivity index (χ0n) is 17.2. The van der Waals surface area contributed by atoms with Gasteiger partial charge in [0, 0.05) is 17.4 Å². The van der Waals surface area contributed by atoms with Gasteiger partial charge in [0.1, 0.15) is 5.92 Å². The number of carboxylic acid groups (broad SMARTS) is 2. The van der Waals surface area contributed by atoms with Crippen molar-refractivity contribution >= 4 is 29.8 Å². The highest BCUT2D eigenvalue weighted by Gasteiger charge is 2.42. The average molecular weight is 424 g/mol. The summed E-state index contributed by atoms with van der Waals surface area (Å²) in [7, 11) is 0. The van der Waals surface area contributed by atoms with Crippen LogP contribution < -0.4 is 20.8 Å². The highest BCUT2D eigenvalue weighted by atomic mass is 16.5. The van der Waals surface area contributed by atoms with E-state index < -0.39 is 54.6 Å². The summed E-state index contributed by atoms with van der Waals surface area (Å²) in [5.41, 5.74) is 0.0813. The molecule has 11 heteroatoms. The van der Waals surface area contributed by atoms with Crippen LogP contribution in [0.2, 0.25) is 0 Å². The van der Waals surface area contributed by atoms with Gasteiger partial charge in [-0.25, -0.2) is 9.59 Å². The van der Waals surface area contributed by atoms with Gasteiger partial charge in [0.05, 0.1) is 36.4 Å². The number of carbonyl (C=O) groups excluding carboxylic acids is 5. The number of hydrogen-bond acceptors (Lipinski definition) is 10. The molecule has 1 heterocycles. The molecule has 1 aliphatic heterocycles. The number of aliphatic carboxylic acids is 2. The largest absolute Gasteiger partial charge is 0.550 e.